The van der Waals surface area contributed by atoms with Gasteiger partial charge in [0.1, 0.15) is 24.3 Å². The zero-order valence-corrected chi connectivity index (χ0v) is 16.7. The second-order valence-electron chi connectivity index (χ2n) is 6.60. The molecule has 0 aliphatic carbocycles. The predicted octanol–water partition coefficient (Wildman–Crippen LogP) is 3.77. The molecule has 152 valence electrons. The number of aryl methyl sites for hydroxylation is 1. The molecule has 0 amide bonds. The topological polar surface area (TPSA) is 66.8 Å². The first-order valence-electron chi connectivity index (χ1n) is 9.07. The molecule has 3 rings (SSSR count). The molecule has 0 spiro atoms. The van der Waals surface area contributed by atoms with Crippen molar-refractivity contribution in [2.75, 3.05) is 17.5 Å². The minimum absolute atomic E-state index is 0.0867. The molecule has 0 radical (unpaired) electrons. The lowest BCUT2D eigenvalue weighted by Gasteiger charge is -2.27. The van der Waals surface area contributed by atoms with Gasteiger partial charge in [0.25, 0.3) is 10.0 Å². The first kappa shape index (κ1) is 20.8. The number of hydrogen-bond acceptors (Lipinski definition) is 4. The molecule has 29 heavy (non-hydrogen) atoms. The molecule has 5 nitrogen and oxygen atoms in total. The number of aliphatic hydroxyl groups is 1. The first-order valence-corrected chi connectivity index (χ1v) is 10.5. The largest absolute Gasteiger partial charge is 0.491 e. The fourth-order valence-electron chi connectivity index (χ4n) is 2.74. The number of para-hydroxylation sites is 1. The summed E-state index contributed by atoms with van der Waals surface area (Å²) in [6.07, 6.45) is -1.10. The highest BCUT2D eigenvalue weighted by molar-refractivity contribution is 7.92. The Morgan fingerprint density at radius 1 is 0.966 bits per heavy atom. The molecule has 7 heteroatoms. The van der Waals surface area contributed by atoms with E-state index in [9.17, 15) is 17.9 Å². The van der Waals surface area contributed by atoms with Gasteiger partial charge < -0.3 is 9.84 Å². The van der Waals surface area contributed by atoms with Crippen molar-refractivity contribution in [3.05, 3.63) is 90.2 Å². The Bertz CT molecular complexity index is 1020. The summed E-state index contributed by atoms with van der Waals surface area (Å²) in [6, 6.07) is 20.4. The lowest BCUT2D eigenvalue weighted by atomic mass is 10.2. The highest BCUT2D eigenvalue weighted by Crippen LogP contribution is 2.25. The minimum atomic E-state index is -3.97. The van der Waals surface area contributed by atoms with Crippen LogP contribution >= 0.6 is 0 Å². The van der Waals surface area contributed by atoms with E-state index in [2.05, 4.69) is 0 Å². The molecular formula is C22H22FNO4S. The molecule has 0 aromatic heterocycles. The molecule has 0 bridgehead atoms. The van der Waals surface area contributed by atoms with Crippen LogP contribution in [-0.4, -0.2) is 32.8 Å². The summed E-state index contributed by atoms with van der Waals surface area (Å²) < 4.78 is 46.4. The van der Waals surface area contributed by atoms with Crippen LogP contribution in [0.5, 0.6) is 5.75 Å². The van der Waals surface area contributed by atoms with E-state index in [1.165, 1.54) is 36.4 Å². The highest BCUT2D eigenvalue weighted by atomic mass is 32.2. The summed E-state index contributed by atoms with van der Waals surface area (Å²) in [5.74, 6) is 0.0932. The van der Waals surface area contributed by atoms with Crippen LogP contribution in [0.4, 0.5) is 10.1 Å². The molecule has 0 saturated carbocycles. The summed E-state index contributed by atoms with van der Waals surface area (Å²) >= 11 is 0. The SMILES string of the molecule is Cc1ccc(S(=O)(=O)N(CC(O)COc2ccccc2)c2ccc(F)cc2)cc1. The van der Waals surface area contributed by atoms with Gasteiger partial charge in [-0.25, -0.2) is 12.8 Å². The maximum atomic E-state index is 13.3. The third-order valence-corrected chi connectivity index (χ3v) is 6.09. The highest BCUT2D eigenvalue weighted by Gasteiger charge is 2.27. The van der Waals surface area contributed by atoms with Gasteiger partial charge in [0.15, 0.2) is 0 Å². The van der Waals surface area contributed by atoms with E-state index in [1.807, 2.05) is 13.0 Å². The van der Waals surface area contributed by atoms with Crippen LogP contribution in [0.15, 0.2) is 83.8 Å². The Labute approximate surface area is 170 Å². The molecule has 0 saturated heterocycles. The summed E-state index contributed by atoms with van der Waals surface area (Å²) in [7, 11) is -3.97. The summed E-state index contributed by atoms with van der Waals surface area (Å²) in [4.78, 5) is 0.0867. The second-order valence-corrected chi connectivity index (χ2v) is 8.47. The molecule has 0 aliphatic heterocycles. The molecule has 3 aromatic rings. The Morgan fingerprint density at radius 2 is 1.59 bits per heavy atom. The number of anilines is 1. The van der Waals surface area contributed by atoms with Gasteiger partial charge in [-0.15, -0.1) is 0 Å². The third kappa shape index (κ3) is 5.34. The van der Waals surface area contributed by atoms with E-state index in [0.717, 1.165) is 9.87 Å². The van der Waals surface area contributed by atoms with Crippen LogP contribution in [-0.2, 0) is 10.0 Å². The number of benzene rings is 3. The monoisotopic (exact) mass is 415 g/mol. The molecule has 1 N–H and O–H groups in total. The van der Waals surface area contributed by atoms with Gasteiger partial charge in [-0.1, -0.05) is 35.9 Å². The van der Waals surface area contributed by atoms with Gasteiger partial charge in [0.05, 0.1) is 17.1 Å². The molecule has 1 atom stereocenters. The Kier molecular flexibility index (Phi) is 6.51. The Balaban J connectivity index is 1.84. The molecular weight excluding hydrogens is 393 g/mol. The number of nitrogens with zero attached hydrogens (tertiary/aromatic N) is 1. The van der Waals surface area contributed by atoms with E-state index >= 15 is 0 Å². The smallest absolute Gasteiger partial charge is 0.264 e. The predicted molar refractivity (Wildman–Crippen MR) is 110 cm³/mol. The average molecular weight is 415 g/mol. The minimum Gasteiger partial charge on any atom is -0.491 e. The van der Waals surface area contributed by atoms with Crippen molar-refractivity contribution in [3.8, 4) is 5.75 Å². The van der Waals surface area contributed by atoms with Gasteiger partial charge in [-0.3, -0.25) is 4.31 Å². The van der Waals surface area contributed by atoms with E-state index in [4.69, 9.17) is 4.74 Å². The van der Waals surface area contributed by atoms with Crippen molar-refractivity contribution in [1.82, 2.24) is 0 Å². The van der Waals surface area contributed by atoms with Crippen LogP contribution in [0, 0.1) is 12.7 Å². The van der Waals surface area contributed by atoms with Crippen molar-refractivity contribution >= 4 is 15.7 Å². The van der Waals surface area contributed by atoms with Gasteiger partial charge in [-0.05, 0) is 55.5 Å². The van der Waals surface area contributed by atoms with Crippen LogP contribution in [0.25, 0.3) is 0 Å². The van der Waals surface area contributed by atoms with Crippen molar-refractivity contribution in [3.63, 3.8) is 0 Å². The van der Waals surface area contributed by atoms with E-state index in [0.29, 0.717) is 5.75 Å². The van der Waals surface area contributed by atoms with Crippen molar-refractivity contribution in [2.24, 2.45) is 0 Å². The van der Waals surface area contributed by atoms with Crippen LogP contribution in [0.2, 0.25) is 0 Å². The Morgan fingerprint density at radius 3 is 2.21 bits per heavy atom. The van der Waals surface area contributed by atoms with Crippen LogP contribution in [0.1, 0.15) is 5.56 Å². The zero-order chi connectivity index (χ0) is 20.9. The number of rotatable bonds is 8. The van der Waals surface area contributed by atoms with E-state index in [1.54, 1.807) is 36.4 Å². The van der Waals surface area contributed by atoms with Crippen molar-refractivity contribution in [2.45, 2.75) is 17.9 Å². The number of sulfonamides is 1. The first-order chi connectivity index (χ1) is 13.9. The molecule has 0 aliphatic rings. The summed E-state index contributed by atoms with van der Waals surface area (Å²) in [5, 5.41) is 10.4. The maximum absolute atomic E-state index is 13.3. The fraction of sp³-hybridized carbons (Fsp3) is 0.182. The lowest BCUT2D eigenvalue weighted by molar-refractivity contribution is 0.115. The van der Waals surface area contributed by atoms with Gasteiger partial charge in [-0.2, -0.15) is 0 Å². The number of ether oxygens (including phenoxy) is 1. The van der Waals surface area contributed by atoms with E-state index in [-0.39, 0.29) is 23.7 Å². The fourth-order valence-corrected chi connectivity index (χ4v) is 4.24. The quantitative estimate of drug-likeness (QED) is 0.608. The van der Waals surface area contributed by atoms with Crippen molar-refractivity contribution in [1.29, 1.82) is 0 Å². The van der Waals surface area contributed by atoms with Crippen LogP contribution < -0.4 is 9.04 Å². The van der Waals surface area contributed by atoms with E-state index < -0.39 is 21.9 Å². The average Bonchev–Trinajstić information content (AvgIpc) is 2.72. The number of halogens is 1. The number of aliphatic hydroxyl groups excluding tert-OH is 1. The van der Waals surface area contributed by atoms with Gasteiger partial charge in [0.2, 0.25) is 0 Å². The second kappa shape index (κ2) is 9.07. The maximum Gasteiger partial charge on any atom is 0.264 e. The summed E-state index contributed by atoms with van der Waals surface area (Å²) in [5.41, 5.74) is 1.18. The zero-order valence-electron chi connectivity index (χ0n) is 15.9. The third-order valence-electron chi connectivity index (χ3n) is 4.29. The van der Waals surface area contributed by atoms with Gasteiger partial charge >= 0.3 is 0 Å². The van der Waals surface area contributed by atoms with Crippen LogP contribution in [0.3, 0.4) is 0 Å². The summed E-state index contributed by atoms with van der Waals surface area (Å²) in [6.45, 7) is 1.53. The Hall–Kier alpha value is -2.90. The van der Waals surface area contributed by atoms with Crippen molar-refractivity contribution < 1.29 is 22.7 Å². The molecule has 1 unspecified atom stereocenters. The lowest BCUT2D eigenvalue weighted by Crippen LogP contribution is -2.39. The number of hydrogen-bond donors (Lipinski definition) is 1. The molecule has 0 fully saturated rings. The molecule has 0 heterocycles. The standard InChI is InChI=1S/C22H22FNO4S/c1-17-7-13-22(14-8-17)29(26,27)24(19-11-9-18(23)10-12-19)15-20(25)16-28-21-5-3-2-4-6-21/h2-14,20,25H,15-16H2,1H3. The van der Waals surface area contributed by atoms with Gasteiger partial charge in [0, 0.05) is 0 Å². The molecule has 3 aromatic carbocycles. The normalized spacial score (nSPS) is 12.4.